The molecule has 0 saturated carbocycles. The minimum Gasteiger partial charge on any atom is -0.496 e. The van der Waals surface area contributed by atoms with Gasteiger partial charge in [0, 0.05) is 21.4 Å². The van der Waals surface area contributed by atoms with E-state index in [-0.39, 0.29) is 12.6 Å². The van der Waals surface area contributed by atoms with Gasteiger partial charge in [0.2, 0.25) is 0 Å². The van der Waals surface area contributed by atoms with Crippen LogP contribution < -0.4 is 4.74 Å². The molecule has 0 radical (unpaired) electrons. The summed E-state index contributed by atoms with van der Waals surface area (Å²) in [6.07, 6.45) is 0. The van der Waals surface area contributed by atoms with Crippen molar-refractivity contribution in [3.8, 4) is 16.3 Å². The van der Waals surface area contributed by atoms with Gasteiger partial charge in [0.1, 0.15) is 17.4 Å². The van der Waals surface area contributed by atoms with Crippen LogP contribution in [0, 0.1) is 6.92 Å². The summed E-state index contributed by atoms with van der Waals surface area (Å²) < 4.78 is 10.8. The molecule has 0 N–H and O–H groups in total. The second-order valence-electron chi connectivity index (χ2n) is 6.59. The number of esters is 1. The Bertz CT molecular complexity index is 1170. The highest BCUT2D eigenvalue weighted by atomic mass is 32.2. The van der Waals surface area contributed by atoms with Crippen LogP contribution in [-0.2, 0) is 17.1 Å². The number of aryl methyl sites for hydroxylation is 1. The molecule has 0 aliphatic heterocycles. The summed E-state index contributed by atoms with van der Waals surface area (Å²) in [7, 11) is 1.64. The van der Waals surface area contributed by atoms with Gasteiger partial charge in [-0.05, 0) is 43.3 Å². The van der Waals surface area contributed by atoms with Crippen LogP contribution in [0.15, 0.2) is 64.2 Å². The Morgan fingerprint density at radius 2 is 1.77 bits per heavy atom. The first-order valence-electron chi connectivity index (χ1n) is 9.51. The van der Waals surface area contributed by atoms with Gasteiger partial charge in [0.15, 0.2) is 0 Å². The zero-order valence-corrected chi connectivity index (χ0v) is 19.5. The van der Waals surface area contributed by atoms with E-state index in [0.29, 0.717) is 11.3 Å². The number of benzene rings is 2. The number of carbonyl (C=O) groups is 1. The summed E-state index contributed by atoms with van der Waals surface area (Å²) in [5, 5.41) is 5.88. The lowest BCUT2D eigenvalue weighted by atomic mass is 10.2. The number of para-hydroxylation sites is 1. The summed E-state index contributed by atoms with van der Waals surface area (Å²) in [6.45, 7) is 2.13. The number of rotatable bonds is 8. The number of thioether (sulfide) groups is 1. The molecule has 31 heavy (non-hydrogen) atoms. The Morgan fingerprint density at radius 1 is 1.00 bits per heavy atom. The van der Waals surface area contributed by atoms with Gasteiger partial charge in [-0.2, -0.15) is 0 Å². The van der Waals surface area contributed by atoms with Crippen molar-refractivity contribution in [1.29, 1.82) is 0 Å². The number of nitrogens with zero attached hydrogens (tertiary/aromatic N) is 2. The molecule has 4 aromatic rings. The van der Waals surface area contributed by atoms with Crippen LogP contribution in [0.2, 0.25) is 0 Å². The molecule has 0 fully saturated rings. The van der Waals surface area contributed by atoms with Crippen LogP contribution in [0.25, 0.3) is 10.6 Å². The normalized spacial score (nSPS) is 10.8. The third-order valence-electron chi connectivity index (χ3n) is 4.38. The summed E-state index contributed by atoms with van der Waals surface area (Å²) in [4.78, 5) is 22.5. The van der Waals surface area contributed by atoms with E-state index in [1.54, 1.807) is 42.3 Å². The molecule has 0 saturated heterocycles. The average molecular weight is 469 g/mol. The van der Waals surface area contributed by atoms with E-state index in [2.05, 4.69) is 15.3 Å². The second kappa shape index (κ2) is 10.1. The fourth-order valence-electron chi connectivity index (χ4n) is 2.86. The lowest BCUT2D eigenvalue weighted by Gasteiger charge is -2.05. The Hall–Kier alpha value is -2.68. The van der Waals surface area contributed by atoms with Gasteiger partial charge >= 0.3 is 5.97 Å². The molecule has 2 heterocycles. The zero-order chi connectivity index (χ0) is 21.6. The van der Waals surface area contributed by atoms with E-state index in [1.165, 1.54) is 11.3 Å². The van der Waals surface area contributed by atoms with Crippen LogP contribution in [0.1, 0.15) is 26.8 Å². The molecule has 4 rings (SSSR count). The van der Waals surface area contributed by atoms with Crippen LogP contribution in [0.3, 0.4) is 0 Å². The Kier molecular flexibility index (Phi) is 7.01. The molecule has 2 aromatic carbocycles. The van der Waals surface area contributed by atoms with E-state index in [0.717, 1.165) is 37.7 Å². The van der Waals surface area contributed by atoms with Gasteiger partial charge in [-0.3, -0.25) is 0 Å². The molecule has 0 spiro atoms. The molecule has 0 amide bonds. The van der Waals surface area contributed by atoms with Crippen LogP contribution >= 0.6 is 34.4 Å². The lowest BCUT2D eigenvalue weighted by molar-refractivity contribution is 0.0468. The number of hydrogen-bond acceptors (Lipinski definition) is 8. The Labute approximate surface area is 193 Å². The number of carbonyl (C=O) groups excluding carboxylic acids is 1. The topological polar surface area (TPSA) is 61.3 Å². The minimum atomic E-state index is -0.362. The molecular weight excluding hydrogens is 448 g/mol. The molecule has 0 unspecified atom stereocenters. The first-order chi connectivity index (χ1) is 15.1. The summed E-state index contributed by atoms with van der Waals surface area (Å²) in [5.41, 5.74) is 3.24. The van der Waals surface area contributed by atoms with E-state index < -0.39 is 0 Å². The maximum Gasteiger partial charge on any atom is 0.338 e. The Balaban J connectivity index is 1.32. The quantitative estimate of drug-likeness (QED) is 0.226. The number of methoxy groups -OCH3 is 1. The monoisotopic (exact) mass is 468 g/mol. The number of aromatic nitrogens is 2. The molecule has 0 aliphatic carbocycles. The molecule has 158 valence electrons. The van der Waals surface area contributed by atoms with E-state index in [9.17, 15) is 4.79 Å². The van der Waals surface area contributed by atoms with Gasteiger partial charge < -0.3 is 9.47 Å². The highest BCUT2D eigenvalue weighted by molar-refractivity contribution is 7.98. The van der Waals surface area contributed by atoms with Crippen molar-refractivity contribution in [3.63, 3.8) is 0 Å². The minimum absolute atomic E-state index is 0.129. The van der Waals surface area contributed by atoms with Gasteiger partial charge in [-0.25, -0.2) is 14.8 Å². The van der Waals surface area contributed by atoms with E-state index >= 15 is 0 Å². The molecule has 8 heteroatoms. The van der Waals surface area contributed by atoms with Crippen molar-refractivity contribution < 1.29 is 14.3 Å². The average Bonchev–Trinajstić information content (AvgIpc) is 3.45. The van der Waals surface area contributed by atoms with Crippen molar-refractivity contribution in [2.45, 2.75) is 24.2 Å². The third kappa shape index (κ3) is 5.52. The van der Waals surface area contributed by atoms with Crippen molar-refractivity contribution >= 4 is 40.4 Å². The van der Waals surface area contributed by atoms with E-state index in [4.69, 9.17) is 9.47 Å². The van der Waals surface area contributed by atoms with Gasteiger partial charge in [-0.1, -0.05) is 12.1 Å². The molecular formula is C23H20N2O3S3. The summed E-state index contributed by atoms with van der Waals surface area (Å²) >= 11 is 4.85. The zero-order valence-electron chi connectivity index (χ0n) is 17.0. The maximum absolute atomic E-state index is 12.4. The first kappa shape index (κ1) is 21.5. The van der Waals surface area contributed by atoms with Gasteiger partial charge in [0.05, 0.1) is 34.6 Å². The van der Waals surface area contributed by atoms with Crippen molar-refractivity contribution in [2.24, 2.45) is 0 Å². The van der Waals surface area contributed by atoms with E-state index in [1.807, 2.05) is 48.7 Å². The highest BCUT2D eigenvalue weighted by Gasteiger charge is 2.12. The number of hydrogen-bond donors (Lipinski definition) is 0. The maximum atomic E-state index is 12.4. The lowest BCUT2D eigenvalue weighted by Crippen LogP contribution is -2.05. The first-order valence-corrected chi connectivity index (χ1v) is 12.3. The predicted molar refractivity (Wildman–Crippen MR) is 126 cm³/mol. The smallest absolute Gasteiger partial charge is 0.338 e. The van der Waals surface area contributed by atoms with Crippen LogP contribution in [-0.4, -0.2) is 23.0 Å². The molecule has 0 bridgehead atoms. The molecule has 0 aliphatic rings. The summed E-state index contributed by atoms with van der Waals surface area (Å²) in [5.74, 6) is 1.22. The molecule has 2 aromatic heterocycles. The van der Waals surface area contributed by atoms with Crippen molar-refractivity contribution in [2.75, 3.05) is 7.11 Å². The number of thiazole rings is 2. The molecule has 0 atom stereocenters. The molecule has 5 nitrogen and oxygen atoms in total. The standard InChI is InChI=1S/C23H20N2O3S3/c1-15-24-18(13-29-15)14-30-19-9-7-16(8-10-19)23(26)28-11-17-12-31-22(25-17)20-5-3-4-6-21(20)27-2/h3-10,12-13H,11,14H2,1-2H3. The summed E-state index contributed by atoms with van der Waals surface area (Å²) in [6, 6.07) is 15.2. The van der Waals surface area contributed by atoms with Crippen LogP contribution in [0.5, 0.6) is 5.75 Å². The third-order valence-corrected chi connectivity index (χ3v) is 7.18. The van der Waals surface area contributed by atoms with Crippen molar-refractivity contribution in [3.05, 3.63) is 81.2 Å². The number of ether oxygens (including phenoxy) is 2. The van der Waals surface area contributed by atoms with Gasteiger partial charge in [-0.15, -0.1) is 34.4 Å². The van der Waals surface area contributed by atoms with Crippen molar-refractivity contribution in [1.82, 2.24) is 9.97 Å². The second-order valence-corrected chi connectivity index (χ2v) is 9.56. The highest BCUT2D eigenvalue weighted by Crippen LogP contribution is 2.32. The fourth-order valence-corrected chi connectivity index (χ4v) is 5.20. The van der Waals surface area contributed by atoms with Crippen LogP contribution in [0.4, 0.5) is 0 Å². The SMILES string of the molecule is COc1ccccc1-c1nc(COC(=O)c2ccc(SCc3csc(C)n3)cc2)cs1. The fraction of sp³-hybridized carbons (Fsp3) is 0.174. The largest absolute Gasteiger partial charge is 0.496 e. The Morgan fingerprint density at radius 3 is 2.52 bits per heavy atom. The predicted octanol–water partition coefficient (Wildman–Crippen LogP) is 6.23. The van der Waals surface area contributed by atoms with Gasteiger partial charge in [0.25, 0.3) is 0 Å².